The fourth-order valence-electron chi connectivity index (χ4n) is 1.49. The fourth-order valence-corrected chi connectivity index (χ4v) is 1.49. The molecule has 3 N–H and O–H groups in total. The minimum absolute atomic E-state index is 0.395. The number of benzene rings is 1. The Bertz CT molecular complexity index is 526. The van der Waals surface area contributed by atoms with Crippen molar-refractivity contribution in [3.63, 3.8) is 0 Å². The number of phenols is 1. The molecule has 0 spiro atoms. The van der Waals surface area contributed by atoms with Crippen LogP contribution in [-0.2, 0) is 18.5 Å². The molecule has 0 aliphatic carbocycles. The molecule has 0 saturated carbocycles. The van der Waals surface area contributed by atoms with Crippen LogP contribution in [0.2, 0.25) is 0 Å². The summed E-state index contributed by atoms with van der Waals surface area (Å²) < 4.78 is 112. The second kappa shape index (κ2) is 4.35. The molecular formula is C9H4F9NO. The van der Waals surface area contributed by atoms with Crippen molar-refractivity contribution in [2.45, 2.75) is 18.5 Å². The summed E-state index contributed by atoms with van der Waals surface area (Å²) in [6.07, 6.45) is -17.6. The van der Waals surface area contributed by atoms with Gasteiger partial charge in [-0.2, -0.15) is 39.5 Å². The largest absolute Gasteiger partial charge is 0.505 e. The van der Waals surface area contributed by atoms with Crippen LogP contribution in [0.3, 0.4) is 0 Å². The fraction of sp³-hybridized carbons (Fsp3) is 0.333. The first kappa shape index (κ1) is 16.2. The SMILES string of the molecule is Nc1cc(C(F)(F)F)c(C(F)(F)F)c(C(F)(F)F)c1O. The number of nitrogen functional groups attached to an aromatic ring is 1. The summed E-state index contributed by atoms with van der Waals surface area (Å²) in [5.41, 5.74) is -5.26. The highest BCUT2D eigenvalue weighted by Crippen LogP contribution is 2.51. The van der Waals surface area contributed by atoms with Gasteiger partial charge in [0.2, 0.25) is 0 Å². The first-order valence-corrected chi connectivity index (χ1v) is 4.54. The lowest BCUT2D eigenvalue weighted by molar-refractivity contribution is -0.175. The molecule has 1 aromatic rings. The minimum atomic E-state index is -5.99. The van der Waals surface area contributed by atoms with Crippen LogP contribution >= 0.6 is 0 Å². The van der Waals surface area contributed by atoms with Crippen LogP contribution in [0.15, 0.2) is 6.07 Å². The van der Waals surface area contributed by atoms with Crippen molar-refractivity contribution in [3.05, 3.63) is 22.8 Å². The normalized spacial score (nSPS) is 13.7. The second-order valence-electron chi connectivity index (χ2n) is 3.61. The molecule has 0 unspecified atom stereocenters. The van der Waals surface area contributed by atoms with Gasteiger partial charge in [0.05, 0.1) is 16.8 Å². The van der Waals surface area contributed by atoms with Crippen LogP contribution in [0.25, 0.3) is 0 Å². The van der Waals surface area contributed by atoms with Gasteiger partial charge in [-0.25, -0.2) is 0 Å². The van der Waals surface area contributed by atoms with Crippen molar-refractivity contribution < 1.29 is 44.6 Å². The van der Waals surface area contributed by atoms with Crippen molar-refractivity contribution in [2.75, 3.05) is 5.73 Å². The van der Waals surface area contributed by atoms with Crippen LogP contribution in [0.1, 0.15) is 16.7 Å². The van der Waals surface area contributed by atoms with Gasteiger partial charge in [0.25, 0.3) is 0 Å². The molecule has 114 valence electrons. The Morgan fingerprint density at radius 1 is 0.750 bits per heavy atom. The lowest BCUT2D eigenvalue weighted by Gasteiger charge is -2.22. The minimum Gasteiger partial charge on any atom is -0.505 e. The quantitative estimate of drug-likeness (QED) is 0.431. The topological polar surface area (TPSA) is 46.2 Å². The number of rotatable bonds is 0. The van der Waals surface area contributed by atoms with Gasteiger partial charge in [0, 0.05) is 0 Å². The van der Waals surface area contributed by atoms with Gasteiger partial charge in [0.15, 0.2) is 5.75 Å². The van der Waals surface area contributed by atoms with Crippen molar-refractivity contribution in [1.29, 1.82) is 0 Å². The number of phenolic OH excluding ortho intramolecular Hbond substituents is 1. The molecular weight excluding hydrogens is 309 g/mol. The Morgan fingerprint density at radius 2 is 1.15 bits per heavy atom. The highest BCUT2D eigenvalue weighted by Gasteiger charge is 2.52. The van der Waals surface area contributed by atoms with E-state index >= 15 is 0 Å². The molecule has 1 aromatic carbocycles. The monoisotopic (exact) mass is 313 g/mol. The maximum absolute atomic E-state index is 12.5. The average molecular weight is 313 g/mol. The van der Waals surface area contributed by atoms with Crippen LogP contribution in [-0.4, -0.2) is 5.11 Å². The summed E-state index contributed by atoms with van der Waals surface area (Å²) in [5, 5.41) is 8.96. The van der Waals surface area contributed by atoms with Gasteiger partial charge in [0.1, 0.15) is 5.56 Å². The molecule has 0 radical (unpaired) electrons. The van der Waals surface area contributed by atoms with Crippen LogP contribution in [0, 0.1) is 0 Å². The van der Waals surface area contributed by atoms with E-state index in [9.17, 15) is 39.5 Å². The Hall–Kier alpha value is -1.81. The van der Waals surface area contributed by atoms with Crippen molar-refractivity contribution in [3.8, 4) is 5.75 Å². The smallest absolute Gasteiger partial charge is 0.420 e. The van der Waals surface area contributed by atoms with E-state index < -0.39 is 52.7 Å². The Morgan fingerprint density at radius 3 is 1.45 bits per heavy atom. The molecule has 0 heterocycles. The molecule has 0 bridgehead atoms. The molecule has 0 saturated heterocycles. The van der Waals surface area contributed by atoms with E-state index in [1.807, 2.05) is 0 Å². The predicted molar refractivity (Wildman–Crippen MR) is 47.5 cm³/mol. The summed E-state index contributed by atoms with van der Waals surface area (Å²) in [7, 11) is 0. The van der Waals surface area contributed by atoms with Crippen LogP contribution < -0.4 is 5.73 Å². The highest BCUT2D eigenvalue weighted by atomic mass is 19.4. The first-order valence-electron chi connectivity index (χ1n) is 4.54. The number of halogens is 9. The summed E-state index contributed by atoms with van der Waals surface area (Å²) in [6.45, 7) is 0. The van der Waals surface area contributed by atoms with Crippen LogP contribution in [0.4, 0.5) is 45.2 Å². The number of hydrogen-bond acceptors (Lipinski definition) is 2. The number of alkyl halides is 9. The third-order valence-electron chi connectivity index (χ3n) is 2.20. The van der Waals surface area contributed by atoms with E-state index in [2.05, 4.69) is 0 Å². The summed E-state index contributed by atoms with van der Waals surface area (Å²) in [5.74, 6) is -2.10. The van der Waals surface area contributed by atoms with Crippen molar-refractivity contribution in [1.82, 2.24) is 0 Å². The molecule has 0 aliphatic heterocycles. The highest BCUT2D eigenvalue weighted by molar-refractivity contribution is 5.63. The van der Waals surface area contributed by atoms with Crippen LogP contribution in [0.5, 0.6) is 5.75 Å². The van der Waals surface area contributed by atoms with Gasteiger partial charge in [-0.15, -0.1) is 0 Å². The average Bonchev–Trinajstić information content (AvgIpc) is 2.15. The summed E-state index contributed by atoms with van der Waals surface area (Å²) in [4.78, 5) is 0. The van der Waals surface area contributed by atoms with E-state index in [1.165, 1.54) is 0 Å². The predicted octanol–water partition coefficient (Wildman–Crippen LogP) is 4.03. The molecule has 0 atom stereocenters. The zero-order chi connectivity index (χ0) is 16.1. The molecule has 0 amide bonds. The number of anilines is 1. The van der Waals surface area contributed by atoms with Crippen molar-refractivity contribution >= 4 is 5.69 Å². The number of aromatic hydroxyl groups is 1. The first-order chi connectivity index (χ1) is 8.67. The standard InChI is InChI=1S/C9H4F9NO/c10-7(11,12)2-1-3(19)6(20)5(9(16,17)18)4(2)8(13,14)15/h1,20H,19H2. The maximum Gasteiger partial charge on any atom is 0.420 e. The summed E-state index contributed by atoms with van der Waals surface area (Å²) >= 11 is 0. The van der Waals surface area contributed by atoms with Gasteiger partial charge in [-0.05, 0) is 6.07 Å². The third-order valence-corrected chi connectivity index (χ3v) is 2.20. The molecule has 11 heteroatoms. The lowest BCUT2D eigenvalue weighted by Crippen LogP contribution is -2.23. The van der Waals surface area contributed by atoms with Crippen molar-refractivity contribution in [2.24, 2.45) is 0 Å². The number of hydrogen-bond donors (Lipinski definition) is 2. The second-order valence-corrected chi connectivity index (χ2v) is 3.61. The maximum atomic E-state index is 12.5. The third kappa shape index (κ3) is 2.85. The van der Waals surface area contributed by atoms with E-state index in [-0.39, 0.29) is 0 Å². The molecule has 0 aromatic heterocycles. The van der Waals surface area contributed by atoms with Gasteiger partial charge in [-0.3, -0.25) is 0 Å². The summed E-state index contributed by atoms with van der Waals surface area (Å²) in [6, 6.07) is -0.395. The van der Waals surface area contributed by atoms with Gasteiger partial charge < -0.3 is 10.8 Å². The molecule has 0 fully saturated rings. The number of nitrogens with two attached hydrogens (primary N) is 1. The van der Waals surface area contributed by atoms with E-state index in [0.29, 0.717) is 0 Å². The van der Waals surface area contributed by atoms with E-state index in [1.54, 1.807) is 0 Å². The zero-order valence-electron chi connectivity index (χ0n) is 9.00. The van der Waals surface area contributed by atoms with E-state index in [4.69, 9.17) is 10.8 Å². The lowest BCUT2D eigenvalue weighted by atomic mass is 9.97. The van der Waals surface area contributed by atoms with E-state index in [0.717, 1.165) is 0 Å². The molecule has 0 aliphatic rings. The molecule has 2 nitrogen and oxygen atoms in total. The zero-order valence-corrected chi connectivity index (χ0v) is 9.00. The Balaban J connectivity index is 3.96. The Labute approximate surface area is 104 Å². The Kier molecular flexibility index (Phi) is 3.53. The van der Waals surface area contributed by atoms with Gasteiger partial charge in [-0.1, -0.05) is 0 Å². The van der Waals surface area contributed by atoms with Gasteiger partial charge >= 0.3 is 18.5 Å². The molecule has 1 rings (SSSR count). The molecule has 20 heavy (non-hydrogen) atoms.